The molecule has 1 fully saturated rings. The predicted octanol–water partition coefficient (Wildman–Crippen LogP) is 3.66. The number of aryl methyl sites for hydroxylation is 2. The molecule has 2 atom stereocenters. The SMILES string of the molecule is Oc1ccc2c(c1)[C@H](O)CC1(CCN(C[C@@H](O)c3ccc4c(c3)CCCC4)CC1)O2. The van der Waals surface area contributed by atoms with Crippen molar-refractivity contribution >= 4 is 0 Å². The van der Waals surface area contributed by atoms with Crippen LogP contribution >= 0.6 is 0 Å². The Morgan fingerprint density at radius 1 is 1.03 bits per heavy atom. The lowest BCUT2D eigenvalue weighted by molar-refractivity contribution is -0.0588. The molecule has 0 aromatic heterocycles. The molecule has 2 aromatic rings. The first-order chi connectivity index (χ1) is 14.5. The highest BCUT2D eigenvalue weighted by atomic mass is 16.5. The quantitative estimate of drug-likeness (QED) is 0.722. The third kappa shape index (κ3) is 3.82. The second-order valence-electron chi connectivity index (χ2n) is 9.28. The molecule has 0 radical (unpaired) electrons. The molecule has 0 amide bonds. The van der Waals surface area contributed by atoms with Crippen LogP contribution in [0.3, 0.4) is 0 Å². The fraction of sp³-hybridized carbons (Fsp3) is 0.520. The Hall–Kier alpha value is -2.08. The largest absolute Gasteiger partial charge is 0.508 e. The van der Waals surface area contributed by atoms with Crippen molar-refractivity contribution in [3.8, 4) is 11.5 Å². The minimum Gasteiger partial charge on any atom is -0.508 e. The smallest absolute Gasteiger partial charge is 0.126 e. The maximum atomic E-state index is 10.8. The van der Waals surface area contributed by atoms with E-state index in [1.807, 2.05) is 0 Å². The fourth-order valence-corrected chi connectivity index (χ4v) is 5.39. The number of phenolic OH excluding ortho intramolecular Hbond substituents is 1. The fourth-order valence-electron chi connectivity index (χ4n) is 5.39. The molecule has 1 aliphatic carbocycles. The second-order valence-corrected chi connectivity index (χ2v) is 9.28. The van der Waals surface area contributed by atoms with E-state index in [4.69, 9.17) is 4.74 Å². The van der Waals surface area contributed by atoms with Crippen LogP contribution in [0.1, 0.15) is 66.6 Å². The Kier molecular flexibility index (Phi) is 5.21. The van der Waals surface area contributed by atoms with E-state index in [9.17, 15) is 15.3 Å². The van der Waals surface area contributed by atoms with Gasteiger partial charge < -0.3 is 25.0 Å². The van der Waals surface area contributed by atoms with Gasteiger partial charge in [-0.3, -0.25) is 0 Å². The van der Waals surface area contributed by atoms with Crippen LogP contribution in [0.15, 0.2) is 36.4 Å². The topological polar surface area (TPSA) is 73.2 Å². The predicted molar refractivity (Wildman–Crippen MR) is 115 cm³/mol. The van der Waals surface area contributed by atoms with Crippen LogP contribution in [0, 0.1) is 0 Å². The number of fused-ring (bicyclic) bond motifs is 2. The van der Waals surface area contributed by atoms with Crippen LogP contribution in [-0.4, -0.2) is 45.5 Å². The summed E-state index contributed by atoms with van der Waals surface area (Å²) in [5.74, 6) is 0.826. The number of aliphatic hydroxyl groups excluding tert-OH is 2. The number of phenols is 1. The van der Waals surface area contributed by atoms with Gasteiger partial charge in [0.1, 0.15) is 17.1 Å². The monoisotopic (exact) mass is 409 g/mol. The number of rotatable bonds is 3. The highest BCUT2D eigenvalue weighted by Gasteiger charge is 2.43. The number of hydrogen-bond acceptors (Lipinski definition) is 5. The van der Waals surface area contributed by atoms with Gasteiger partial charge in [0.05, 0.1) is 12.2 Å². The van der Waals surface area contributed by atoms with E-state index in [0.29, 0.717) is 24.3 Å². The van der Waals surface area contributed by atoms with E-state index >= 15 is 0 Å². The number of benzene rings is 2. The summed E-state index contributed by atoms with van der Waals surface area (Å²) in [6, 6.07) is 11.4. The Balaban J connectivity index is 1.22. The molecule has 3 aliphatic rings. The average Bonchev–Trinajstić information content (AvgIpc) is 2.76. The standard InChI is InChI=1S/C25H31NO4/c27-20-7-8-24-21(14-20)22(28)15-25(30-24)9-11-26(12-10-25)16-23(29)19-6-5-17-3-1-2-4-18(17)13-19/h5-8,13-14,22-23,27-29H,1-4,9-12,15-16H2/t22-,23-/m1/s1. The number of piperidine rings is 1. The Morgan fingerprint density at radius 2 is 1.80 bits per heavy atom. The van der Waals surface area contributed by atoms with Gasteiger partial charge in [0.2, 0.25) is 0 Å². The molecule has 1 spiro atoms. The zero-order valence-corrected chi connectivity index (χ0v) is 17.4. The van der Waals surface area contributed by atoms with Crippen LogP contribution in [0.5, 0.6) is 11.5 Å². The molecule has 5 rings (SSSR count). The highest BCUT2D eigenvalue weighted by Crippen LogP contribution is 2.45. The maximum Gasteiger partial charge on any atom is 0.126 e. The van der Waals surface area contributed by atoms with E-state index in [1.54, 1.807) is 18.2 Å². The lowest BCUT2D eigenvalue weighted by atomic mass is 9.81. The second kappa shape index (κ2) is 7.88. The Bertz CT molecular complexity index is 919. The summed E-state index contributed by atoms with van der Waals surface area (Å²) in [6.45, 7) is 2.30. The molecular weight excluding hydrogens is 378 g/mol. The van der Waals surface area contributed by atoms with Crippen molar-refractivity contribution in [3.05, 3.63) is 58.7 Å². The number of aliphatic hydroxyl groups is 2. The first kappa shape index (κ1) is 19.9. The summed E-state index contributed by atoms with van der Waals surface area (Å²) in [4.78, 5) is 2.30. The number of aromatic hydroxyl groups is 1. The number of likely N-dealkylation sites (tertiary alicyclic amines) is 1. The van der Waals surface area contributed by atoms with Crippen molar-refractivity contribution in [3.63, 3.8) is 0 Å². The van der Waals surface area contributed by atoms with Gasteiger partial charge in [0.25, 0.3) is 0 Å². The summed E-state index contributed by atoms with van der Waals surface area (Å²) in [5, 5.41) is 31.1. The normalized spacial score (nSPS) is 24.0. The Morgan fingerprint density at radius 3 is 2.60 bits per heavy atom. The van der Waals surface area contributed by atoms with Crippen molar-refractivity contribution in [2.24, 2.45) is 0 Å². The van der Waals surface area contributed by atoms with E-state index in [1.165, 1.54) is 24.0 Å². The minimum absolute atomic E-state index is 0.151. The average molecular weight is 410 g/mol. The summed E-state index contributed by atoms with van der Waals surface area (Å²) in [7, 11) is 0. The molecule has 0 saturated carbocycles. The first-order valence-corrected chi connectivity index (χ1v) is 11.2. The number of nitrogens with zero attached hydrogens (tertiary/aromatic N) is 1. The highest BCUT2D eigenvalue weighted by molar-refractivity contribution is 5.43. The zero-order valence-electron chi connectivity index (χ0n) is 17.4. The maximum absolute atomic E-state index is 10.8. The Labute approximate surface area is 177 Å². The van der Waals surface area contributed by atoms with Crippen LogP contribution < -0.4 is 4.74 Å². The van der Waals surface area contributed by atoms with Gasteiger partial charge in [-0.2, -0.15) is 0 Å². The lowest BCUT2D eigenvalue weighted by Gasteiger charge is -2.46. The van der Waals surface area contributed by atoms with Crippen LogP contribution in [0.2, 0.25) is 0 Å². The van der Waals surface area contributed by atoms with Gasteiger partial charge >= 0.3 is 0 Å². The van der Waals surface area contributed by atoms with Crippen LogP contribution in [-0.2, 0) is 12.8 Å². The van der Waals surface area contributed by atoms with E-state index in [-0.39, 0.29) is 11.4 Å². The third-order valence-corrected chi connectivity index (χ3v) is 7.20. The number of ether oxygens (including phenoxy) is 1. The number of hydrogen-bond donors (Lipinski definition) is 3. The minimum atomic E-state index is -0.617. The molecule has 2 aliphatic heterocycles. The van der Waals surface area contributed by atoms with Gasteiger partial charge in [0.15, 0.2) is 0 Å². The molecule has 30 heavy (non-hydrogen) atoms. The van der Waals surface area contributed by atoms with Gasteiger partial charge in [-0.05, 0) is 73.4 Å². The molecule has 0 bridgehead atoms. The van der Waals surface area contributed by atoms with Crippen molar-refractivity contribution in [2.45, 2.75) is 62.8 Å². The van der Waals surface area contributed by atoms with Crippen molar-refractivity contribution in [2.75, 3.05) is 19.6 Å². The van der Waals surface area contributed by atoms with Gasteiger partial charge in [-0.1, -0.05) is 18.2 Å². The van der Waals surface area contributed by atoms with E-state index in [2.05, 4.69) is 23.1 Å². The molecule has 5 nitrogen and oxygen atoms in total. The zero-order chi connectivity index (χ0) is 20.7. The van der Waals surface area contributed by atoms with Crippen LogP contribution in [0.25, 0.3) is 0 Å². The molecule has 5 heteroatoms. The van der Waals surface area contributed by atoms with Gasteiger partial charge in [-0.15, -0.1) is 0 Å². The molecule has 1 saturated heterocycles. The molecule has 160 valence electrons. The van der Waals surface area contributed by atoms with Gasteiger partial charge in [0, 0.05) is 31.6 Å². The molecule has 3 N–H and O–H groups in total. The van der Waals surface area contributed by atoms with Crippen molar-refractivity contribution < 1.29 is 20.1 Å². The summed E-state index contributed by atoms with van der Waals surface area (Å²) >= 11 is 0. The molecular formula is C25H31NO4. The number of β-amino-alcohol motifs (C(OH)–C–C–N with tert-alkyl or cyclic N) is 1. The van der Waals surface area contributed by atoms with E-state index < -0.39 is 12.2 Å². The first-order valence-electron chi connectivity index (χ1n) is 11.2. The summed E-state index contributed by atoms with van der Waals surface area (Å²) in [6.07, 6.45) is 5.90. The summed E-state index contributed by atoms with van der Waals surface area (Å²) in [5.41, 5.74) is 4.18. The third-order valence-electron chi connectivity index (χ3n) is 7.20. The molecule has 2 aromatic carbocycles. The van der Waals surface area contributed by atoms with Gasteiger partial charge in [-0.25, -0.2) is 0 Å². The van der Waals surface area contributed by atoms with Crippen LogP contribution in [0.4, 0.5) is 0 Å². The molecule has 0 unspecified atom stereocenters. The molecule has 2 heterocycles. The lowest BCUT2D eigenvalue weighted by Crippen LogP contribution is -2.51. The van der Waals surface area contributed by atoms with E-state index in [0.717, 1.165) is 44.3 Å². The summed E-state index contributed by atoms with van der Waals surface area (Å²) < 4.78 is 6.33. The van der Waals surface area contributed by atoms with Crippen molar-refractivity contribution in [1.82, 2.24) is 4.90 Å². The van der Waals surface area contributed by atoms with Crippen molar-refractivity contribution in [1.29, 1.82) is 0 Å².